The normalized spacial score (nSPS) is 15.6. The summed E-state index contributed by atoms with van der Waals surface area (Å²) in [5.74, 6) is -1.31. The number of sulfonamides is 1. The Morgan fingerprint density at radius 1 is 1.42 bits per heavy atom. The zero-order valence-electron chi connectivity index (χ0n) is 9.62. The maximum absolute atomic E-state index is 12.2. The molecule has 1 fully saturated rings. The van der Waals surface area contributed by atoms with Gasteiger partial charge in [0.1, 0.15) is 6.54 Å². The molecule has 1 saturated carbocycles. The van der Waals surface area contributed by atoms with Gasteiger partial charge in [-0.2, -0.15) is 4.31 Å². The van der Waals surface area contributed by atoms with Crippen molar-refractivity contribution in [1.82, 2.24) is 14.3 Å². The summed E-state index contributed by atoms with van der Waals surface area (Å²) in [7, 11) is -4.24. The van der Waals surface area contributed by atoms with Crippen LogP contribution in [0.5, 0.6) is 0 Å². The molecule has 0 saturated heterocycles. The van der Waals surface area contributed by atoms with Crippen molar-refractivity contribution in [3.8, 4) is 0 Å². The van der Waals surface area contributed by atoms with Crippen LogP contribution in [0.2, 0.25) is 0 Å². The third-order valence-electron chi connectivity index (χ3n) is 2.62. The van der Waals surface area contributed by atoms with Gasteiger partial charge >= 0.3 is 11.7 Å². The van der Waals surface area contributed by atoms with Crippen LogP contribution in [0, 0.1) is 0 Å². The van der Waals surface area contributed by atoms with Crippen LogP contribution in [0.25, 0.3) is 0 Å². The van der Waals surface area contributed by atoms with Crippen LogP contribution < -0.4 is 11.2 Å². The van der Waals surface area contributed by atoms with Crippen molar-refractivity contribution < 1.29 is 18.3 Å². The SMILES string of the molecule is O=C(O)CN(C1CC1)S(=O)(=O)c1c[nH]c(=O)[nH]c1=O. The Labute approximate surface area is 106 Å². The van der Waals surface area contributed by atoms with Crippen LogP contribution >= 0.6 is 0 Å². The van der Waals surface area contributed by atoms with Crippen molar-refractivity contribution in [2.45, 2.75) is 23.8 Å². The molecular formula is C9H11N3O6S. The molecule has 2 rings (SSSR count). The number of nitrogens with zero attached hydrogens (tertiary/aromatic N) is 1. The highest BCUT2D eigenvalue weighted by Gasteiger charge is 2.40. The summed E-state index contributed by atoms with van der Waals surface area (Å²) in [4.78, 5) is 36.2. The average molecular weight is 289 g/mol. The molecule has 9 nitrogen and oxygen atoms in total. The van der Waals surface area contributed by atoms with E-state index in [1.54, 1.807) is 4.98 Å². The Balaban J connectivity index is 2.47. The first-order valence-corrected chi connectivity index (χ1v) is 6.82. The Bertz CT molecular complexity index is 714. The minimum atomic E-state index is -4.24. The monoisotopic (exact) mass is 289 g/mol. The molecular weight excluding hydrogens is 278 g/mol. The second-order valence-corrected chi connectivity index (χ2v) is 5.97. The van der Waals surface area contributed by atoms with Crippen molar-refractivity contribution in [2.24, 2.45) is 0 Å². The predicted molar refractivity (Wildman–Crippen MR) is 62.2 cm³/mol. The van der Waals surface area contributed by atoms with Gasteiger partial charge in [0.2, 0.25) is 0 Å². The minimum Gasteiger partial charge on any atom is -0.480 e. The number of carbonyl (C=O) groups is 1. The summed E-state index contributed by atoms with van der Waals surface area (Å²) < 4.78 is 25.2. The molecule has 1 aliphatic carbocycles. The Hall–Kier alpha value is -1.94. The number of aromatic amines is 2. The number of carboxylic acid groups (broad SMARTS) is 1. The first-order chi connectivity index (χ1) is 8.82. The number of carboxylic acids is 1. The number of H-pyrrole nitrogens is 2. The molecule has 0 aliphatic heterocycles. The van der Waals surface area contributed by atoms with Crippen LogP contribution in [-0.2, 0) is 14.8 Å². The topological polar surface area (TPSA) is 140 Å². The average Bonchev–Trinajstić information content (AvgIpc) is 3.08. The van der Waals surface area contributed by atoms with Crippen LogP contribution in [0.15, 0.2) is 20.7 Å². The van der Waals surface area contributed by atoms with Crippen LogP contribution in [0.4, 0.5) is 0 Å². The summed E-state index contributed by atoms with van der Waals surface area (Å²) in [5, 5.41) is 8.73. The van der Waals surface area contributed by atoms with E-state index in [2.05, 4.69) is 0 Å². The molecule has 1 aromatic rings. The van der Waals surface area contributed by atoms with Crippen LogP contribution in [0.1, 0.15) is 12.8 Å². The van der Waals surface area contributed by atoms with E-state index in [1.165, 1.54) is 0 Å². The molecule has 0 spiro atoms. The van der Waals surface area contributed by atoms with Crippen LogP contribution in [-0.4, -0.2) is 46.4 Å². The Morgan fingerprint density at radius 2 is 2.05 bits per heavy atom. The lowest BCUT2D eigenvalue weighted by Gasteiger charge is -2.18. The first kappa shape index (κ1) is 13.5. The largest absolute Gasteiger partial charge is 0.480 e. The highest BCUT2D eigenvalue weighted by Crippen LogP contribution is 2.30. The second kappa shape index (κ2) is 4.63. The van der Waals surface area contributed by atoms with Gasteiger partial charge in [-0.1, -0.05) is 0 Å². The highest BCUT2D eigenvalue weighted by atomic mass is 32.2. The van der Waals surface area contributed by atoms with Gasteiger partial charge in [0.15, 0.2) is 4.90 Å². The van der Waals surface area contributed by atoms with E-state index in [1.807, 2.05) is 4.98 Å². The maximum atomic E-state index is 12.2. The molecule has 10 heteroatoms. The van der Waals surface area contributed by atoms with Gasteiger partial charge in [-0.25, -0.2) is 13.2 Å². The smallest absolute Gasteiger partial charge is 0.325 e. The molecule has 1 heterocycles. The number of rotatable bonds is 5. The second-order valence-electron chi connectivity index (χ2n) is 4.11. The van der Waals surface area contributed by atoms with E-state index >= 15 is 0 Å². The van der Waals surface area contributed by atoms with E-state index in [-0.39, 0.29) is 0 Å². The van der Waals surface area contributed by atoms with Gasteiger partial charge in [-0.15, -0.1) is 0 Å². The zero-order chi connectivity index (χ0) is 14.2. The van der Waals surface area contributed by atoms with Gasteiger partial charge in [-0.05, 0) is 12.8 Å². The van der Waals surface area contributed by atoms with Crippen molar-refractivity contribution in [3.05, 3.63) is 27.0 Å². The Kier molecular flexibility index (Phi) is 3.28. The molecule has 0 aromatic carbocycles. The Morgan fingerprint density at radius 3 is 2.53 bits per heavy atom. The van der Waals surface area contributed by atoms with Gasteiger partial charge in [-0.3, -0.25) is 14.6 Å². The summed E-state index contributed by atoms with van der Waals surface area (Å²) in [6, 6.07) is -0.410. The van der Waals surface area contributed by atoms with Crippen molar-refractivity contribution in [1.29, 1.82) is 0 Å². The molecule has 1 aliphatic rings. The van der Waals surface area contributed by atoms with E-state index in [0.29, 0.717) is 12.8 Å². The first-order valence-electron chi connectivity index (χ1n) is 5.38. The number of hydrogen-bond donors (Lipinski definition) is 3. The molecule has 1 aromatic heterocycles. The van der Waals surface area contributed by atoms with Crippen LogP contribution in [0.3, 0.4) is 0 Å². The molecule has 0 bridgehead atoms. The van der Waals surface area contributed by atoms with E-state index in [0.717, 1.165) is 10.5 Å². The molecule has 0 atom stereocenters. The molecule has 3 N–H and O–H groups in total. The molecule has 0 radical (unpaired) electrons. The molecule has 0 unspecified atom stereocenters. The predicted octanol–water partition coefficient (Wildman–Crippen LogP) is -1.70. The number of aromatic nitrogens is 2. The molecule has 0 amide bonds. The third kappa shape index (κ3) is 2.74. The van der Waals surface area contributed by atoms with Crippen molar-refractivity contribution >= 4 is 16.0 Å². The molecule has 104 valence electrons. The number of aliphatic carboxylic acids is 1. The quantitative estimate of drug-likeness (QED) is 0.590. The highest BCUT2D eigenvalue weighted by molar-refractivity contribution is 7.89. The van der Waals surface area contributed by atoms with E-state index < -0.39 is 44.7 Å². The summed E-state index contributed by atoms with van der Waals surface area (Å²) in [6.07, 6.45) is 1.87. The lowest BCUT2D eigenvalue weighted by atomic mass is 10.6. The third-order valence-corrected chi connectivity index (χ3v) is 4.52. The van der Waals surface area contributed by atoms with E-state index in [9.17, 15) is 22.8 Å². The summed E-state index contributed by atoms with van der Waals surface area (Å²) in [5.41, 5.74) is -1.90. The number of hydrogen-bond acceptors (Lipinski definition) is 5. The fourth-order valence-corrected chi connectivity index (χ4v) is 3.25. The van der Waals surface area contributed by atoms with Gasteiger partial charge in [0, 0.05) is 12.2 Å². The standard InChI is InChI=1S/C9H11N3O6S/c13-7(14)4-12(5-1-2-5)19(17,18)6-3-10-9(16)11-8(6)15/h3,5H,1-2,4H2,(H,13,14)(H2,10,11,15,16). The summed E-state index contributed by atoms with van der Waals surface area (Å²) in [6.45, 7) is -0.717. The van der Waals surface area contributed by atoms with E-state index in [4.69, 9.17) is 5.11 Å². The molecule has 19 heavy (non-hydrogen) atoms. The zero-order valence-corrected chi connectivity index (χ0v) is 10.4. The van der Waals surface area contributed by atoms with Gasteiger partial charge < -0.3 is 10.1 Å². The maximum Gasteiger partial charge on any atom is 0.325 e. The minimum absolute atomic E-state index is 0.410. The van der Waals surface area contributed by atoms with Gasteiger partial charge in [0.05, 0.1) is 0 Å². The fourth-order valence-electron chi connectivity index (χ4n) is 1.62. The fraction of sp³-hybridized carbons (Fsp3) is 0.444. The lowest BCUT2D eigenvalue weighted by molar-refractivity contribution is -0.137. The number of nitrogens with one attached hydrogen (secondary N) is 2. The van der Waals surface area contributed by atoms with Crippen molar-refractivity contribution in [2.75, 3.05) is 6.54 Å². The van der Waals surface area contributed by atoms with Crippen molar-refractivity contribution in [3.63, 3.8) is 0 Å². The van der Waals surface area contributed by atoms with Gasteiger partial charge in [0.25, 0.3) is 15.6 Å². The summed E-state index contributed by atoms with van der Waals surface area (Å²) >= 11 is 0. The lowest BCUT2D eigenvalue weighted by Crippen LogP contribution is -2.40.